The first-order chi connectivity index (χ1) is 13.1. The molecule has 0 aliphatic carbocycles. The van der Waals surface area contributed by atoms with Crippen LogP contribution in [-0.4, -0.2) is 18.4 Å². The number of anilines is 3. The molecule has 136 valence electrons. The van der Waals surface area contributed by atoms with E-state index in [1.807, 2.05) is 54.6 Å². The molecule has 0 aromatic heterocycles. The van der Waals surface area contributed by atoms with E-state index in [0.29, 0.717) is 17.0 Å². The van der Waals surface area contributed by atoms with Crippen molar-refractivity contribution in [2.75, 3.05) is 17.2 Å². The summed E-state index contributed by atoms with van der Waals surface area (Å²) >= 11 is 0. The minimum atomic E-state index is -0.554. The monoisotopic (exact) mass is 361 g/mol. The molecule has 3 rings (SSSR count). The molecule has 2 amide bonds. The minimum absolute atomic E-state index is 0.199. The number of hydrogen-bond acceptors (Lipinski definition) is 4. The van der Waals surface area contributed by atoms with E-state index in [-0.39, 0.29) is 12.5 Å². The number of carbonyl (C=O) groups is 2. The molecule has 0 spiro atoms. The summed E-state index contributed by atoms with van der Waals surface area (Å²) in [6, 6.07) is 23.7. The highest BCUT2D eigenvalue weighted by Crippen LogP contribution is 2.19. The van der Waals surface area contributed by atoms with Gasteiger partial charge in [-0.1, -0.05) is 18.2 Å². The maximum absolute atomic E-state index is 12.3. The van der Waals surface area contributed by atoms with Gasteiger partial charge in [0.1, 0.15) is 5.75 Å². The summed E-state index contributed by atoms with van der Waals surface area (Å²) in [7, 11) is 0. The number of nitrogens with two attached hydrogens (primary N) is 1. The predicted molar refractivity (Wildman–Crippen MR) is 105 cm³/mol. The number of nitrogens with one attached hydrogen (secondary N) is 2. The van der Waals surface area contributed by atoms with E-state index in [2.05, 4.69) is 10.6 Å². The van der Waals surface area contributed by atoms with Gasteiger partial charge in [-0.15, -0.1) is 0 Å². The standard InChI is InChI=1S/C21H19N3O3/c22-20(25)14-27-19-12-6-15(7-13-19)21(26)24-18-10-8-17(9-11-18)23-16-4-2-1-3-5-16/h1-13,23H,14H2,(H2,22,25)(H,24,26). The summed E-state index contributed by atoms with van der Waals surface area (Å²) in [5, 5.41) is 6.12. The maximum Gasteiger partial charge on any atom is 0.255 e. The van der Waals surface area contributed by atoms with Crippen molar-refractivity contribution in [2.45, 2.75) is 0 Å². The number of para-hydroxylation sites is 1. The Bertz CT molecular complexity index is 908. The molecule has 0 unspecified atom stereocenters. The van der Waals surface area contributed by atoms with E-state index in [1.54, 1.807) is 24.3 Å². The third kappa shape index (κ3) is 5.34. The Balaban J connectivity index is 1.58. The lowest BCUT2D eigenvalue weighted by molar-refractivity contribution is -0.119. The minimum Gasteiger partial charge on any atom is -0.484 e. The second kappa shape index (κ2) is 8.53. The molecule has 3 aromatic carbocycles. The van der Waals surface area contributed by atoms with E-state index in [4.69, 9.17) is 10.5 Å². The molecular weight excluding hydrogens is 342 g/mol. The van der Waals surface area contributed by atoms with Crippen molar-refractivity contribution in [2.24, 2.45) is 5.73 Å². The van der Waals surface area contributed by atoms with Gasteiger partial charge in [-0.05, 0) is 60.7 Å². The number of primary amides is 1. The number of benzene rings is 3. The summed E-state index contributed by atoms with van der Waals surface area (Å²) in [6.07, 6.45) is 0. The molecule has 0 aliphatic rings. The first-order valence-electron chi connectivity index (χ1n) is 8.35. The quantitative estimate of drug-likeness (QED) is 0.600. The first-order valence-corrected chi connectivity index (χ1v) is 8.35. The molecule has 0 saturated carbocycles. The summed E-state index contributed by atoms with van der Waals surface area (Å²) < 4.78 is 5.17. The number of hydrogen-bond donors (Lipinski definition) is 3. The Kier molecular flexibility index (Phi) is 5.69. The van der Waals surface area contributed by atoms with Crippen LogP contribution in [0.2, 0.25) is 0 Å². The van der Waals surface area contributed by atoms with Crippen LogP contribution >= 0.6 is 0 Å². The van der Waals surface area contributed by atoms with Gasteiger partial charge < -0.3 is 21.1 Å². The highest BCUT2D eigenvalue weighted by atomic mass is 16.5. The lowest BCUT2D eigenvalue weighted by Crippen LogP contribution is -2.20. The fraction of sp³-hybridized carbons (Fsp3) is 0.0476. The normalized spacial score (nSPS) is 10.1. The van der Waals surface area contributed by atoms with Gasteiger partial charge >= 0.3 is 0 Å². The third-order valence-corrected chi connectivity index (χ3v) is 3.70. The lowest BCUT2D eigenvalue weighted by atomic mass is 10.2. The number of amides is 2. The van der Waals surface area contributed by atoms with Crippen LogP contribution in [0.1, 0.15) is 10.4 Å². The predicted octanol–water partition coefficient (Wildman–Crippen LogP) is 3.55. The van der Waals surface area contributed by atoms with Gasteiger partial charge in [0.15, 0.2) is 6.61 Å². The molecule has 6 heteroatoms. The average molecular weight is 361 g/mol. The van der Waals surface area contributed by atoms with Crippen LogP contribution in [0.4, 0.5) is 17.1 Å². The second-order valence-corrected chi connectivity index (χ2v) is 5.80. The molecule has 0 atom stereocenters. The van der Waals surface area contributed by atoms with E-state index in [9.17, 15) is 9.59 Å². The molecule has 0 radical (unpaired) electrons. The smallest absolute Gasteiger partial charge is 0.255 e. The highest BCUT2D eigenvalue weighted by molar-refractivity contribution is 6.04. The van der Waals surface area contributed by atoms with Crippen molar-refractivity contribution in [3.63, 3.8) is 0 Å². The summed E-state index contributed by atoms with van der Waals surface area (Å²) in [4.78, 5) is 23.0. The molecule has 27 heavy (non-hydrogen) atoms. The number of rotatable bonds is 7. The van der Waals surface area contributed by atoms with Crippen LogP contribution in [0, 0.1) is 0 Å². The van der Waals surface area contributed by atoms with Gasteiger partial charge in [-0.3, -0.25) is 9.59 Å². The Hall–Kier alpha value is -3.80. The van der Waals surface area contributed by atoms with Crippen molar-refractivity contribution >= 4 is 28.9 Å². The van der Waals surface area contributed by atoms with Crippen LogP contribution in [-0.2, 0) is 4.79 Å². The Morgan fingerprint density at radius 2 is 1.37 bits per heavy atom. The van der Waals surface area contributed by atoms with Crippen LogP contribution in [0.25, 0.3) is 0 Å². The zero-order valence-electron chi connectivity index (χ0n) is 14.5. The van der Waals surface area contributed by atoms with Gasteiger partial charge in [0.05, 0.1) is 0 Å². The van der Waals surface area contributed by atoms with Crippen LogP contribution in [0.15, 0.2) is 78.9 Å². The molecular formula is C21H19N3O3. The number of carbonyl (C=O) groups excluding carboxylic acids is 2. The van der Waals surface area contributed by atoms with Crippen molar-refractivity contribution in [1.29, 1.82) is 0 Å². The van der Waals surface area contributed by atoms with E-state index < -0.39 is 5.91 Å². The van der Waals surface area contributed by atoms with Crippen LogP contribution in [0.3, 0.4) is 0 Å². The molecule has 3 aromatic rings. The summed E-state index contributed by atoms with van der Waals surface area (Å²) in [6.45, 7) is -0.199. The Labute approximate surface area is 157 Å². The molecule has 0 heterocycles. The van der Waals surface area contributed by atoms with Gasteiger partial charge in [-0.25, -0.2) is 0 Å². The van der Waals surface area contributed by atoms with Crippen molar-refractivity contribution < 1.29 is 14.3 Å². The van der Waals surface area contributed by atoms with E-state index >= 15 is 0 Å². The molecule has 6 nitrogen and oxygen atoms in total. The lowest BCUT2D eigenvalue weighted by Gasteiger charge is -2.09. The molecule has 0 fully saturated rings. The number of ether oxygens (including phenoxy) is 1. The van der Waals surface area contributed by atoms with Crippen molar-refractivity contribution in [3.05, 3.63) is 84.4 Å². The van der Waals surface area contributed by atoms with Crippen LogP contribution < -0.4 is 21.1 Å². The largest absolute Gasteiger partial charge is 0.484 e. The Morgan fingerprint density at radius 3 is 2.00 bits per heavy atom. The SMILES string of the molecule is NC(=O)COc1ccc(C(=O)Nc2ccc(Nc3ccccc3)cc2)cc1. The topological polar surface area (TPSA) is 93.5 Å². The Morgan fingerprint density at radius 1 is 0.778 bits per heavy atom. The fourth-order valence-electron chi connectivity index (χ4n) is 2.39. The summed E-state index contributed by atoms with van der Waals surface area (Å²) in [5.41, 5.74) is 8.11. The second-order valence-electron chi connectivity index (χ2n) is 5.80. The van der Waals surface area contributed by atoms with E-state index in [0.717, 1.165) is 11.4 Å². The highest BCUT2D eigenvalue weighted by Gasteiger charge is 2.07. The van der Waals surface area contributed by atoms with Crippen molar-refractivity contribution in [1.82, 2.24) is 0 Å². The van der Waals surface area contributed by atoms with Gasteiger partial charge in [-0.2, -0.15) is 0 Å². The van der Waals surface area contributed by atoms with Crippen molar-refractivity contribution in [3.8, 4) is 5.75 Å². The van der Waals surface area contributed by atoms with Crippen LogP contribution in [0.5, 0.6) is 5.75 Å². The zero-order valence-corrected chi connectivity index (χ0v) is 14.5. The fourth-order valence-corrected chi connectivity index (χ4v) is 2.39. The molecule has 0 saturated heterocycles. The average Bonchev–Trinajstić information content (AvgIpc) is 2.69. The molecule has 0 aliphatic heterocycles. The zero-order chi connectivity index (χ0) is 19.1. The summed E-state index contributed by atoms with van der Waals surface area (Å²) in [5.74, 6) is -0.316. The van der Waals surface area contributed by atoms with Gasteiger partial charge in [0.2, 0.25) is 0 Å². The van der Waals surface area contributed by atoms with Gasteiger partial charge in [0, 0.05) is 22.6 Å². The van der Waals surface area contributed by atoms with E-state index in [1.165, 1.54) is 0 Å². The maximum atomic E-state index is 12.3. The molecule has 4 N–H and O–H groups in total. The molecule has 0 bridgehead atoms. The first kappa shape index (κ1) is 18.0. The van der Waals surface area contributed by atoms with Gasteiger partial charge in [0.25, 0.3) is 11.8 Å². The third-order valence-electron chi connectivity index (χ3n) is 3.70.